The molecule has 0 atom stereocenters. The van der Waals surface area contributed by atoms with Gasteiger partial charge >= 0.3 is 0 Å². The fourth-order valence-electron chi connectivity index (χ4n) is 3.37. The van der Waals surface area contributed by atoms with E-state index in [1.54, 1.807) is 12.1 Å². The van der Waals surface area contributed by atoms with Crippen molar-refractivity contribution < 1.29 is 0 Å². The van der Waals surface area contributed by atoms with Crippen molar-refractivity contribution in [3.8, 4) is 17.1 Å². The number of rotatable bonds is 5. The van der Waals surface area contributed by atoms with Crippen LogP contribution in [0.15, 0.2) is 88.8 Å². The molecule has 0 aliphatic heterocycles. The Kier molecular flexibility index (Phi) is 5.05. The Morgan fingerprint density at radius 3 is 2.52 bits per heavy atom. The molecule has 2 heterocycles. The van der Waals surface area contributed by atoms with Crippen LogP contribution in [-0.4, -0.2) is 29.8 Å². The standard InChI is InChI=1S/C23H18N6OS/c1-16-8-7-9-17(14-16)21-25-26-23(29(21)18-10-3-2-4-11-18)31-15-28-22(30)19-12-5-6-13-20(19)24-27-28/h2-14H,15H2,1H3. The Morgan fingerprint density at radius 2 is 1.68 bits per heavy atom. The van der Waals surface area contributed by atoms with Gasteiger partial charge in [0.25, 0.3) is 5.56 Å². The van der Waals surface area contributed by atoms with Crippen molar-refractivity contribution in [3.63, 3.8) is 0 Å². The molecule has 0 amide bonds. The fraction of sp³-hybridized carbons (Fsp3) is 0.0870. The Balaban J connectivity index is 1.54. The SMILES string of the molecule is Cc1cccc(-c2nnc(SCn3nnc4ccccc4c3=O)n2-c2ccccc2)c1. The van der Waals surface area contributed by atoms with Gasteiger partial charge in [-0.15, -0.1) is 15.3 Å². The second kappa shape index (κ2) is 8.16. The van der Waals surface area contributed by atoms with Crippen LogP contribution in [0.4, 0.5) is 0 Å². The summed E-state index contributed by atoms with van der Waals surface area (Å²) in [7, 11) is 0. The maximum atomic E-state index is 12.8. The average molecular weight is 427 g/mol. The van der Waals surface area contributed by atoms with E-state index < -0.39 is 0 Å². The topological polar surface area (TPSA) is 78.5 Å². The van der Waals surface area contributed by atoms with Crippen LogP contribution in [-0.2, 0) is 5.88 Å². The molecular formula is C23H18N6OS. The first kappa shape index (κ1) is 19.2. The maximum absolute atomic E-state index is 12.8. The molecule has 5 aromatic rings. The minimum atomic E-state index is -0.178. The lowest BCUT2D eigenvalue weighted by Crippen LogP contribution is -2.23. The summed E-state index contributed by atoms with van der Waals surface area (Å²) >= 11 is 1.39. The molecule has 0 unspecified atom stereocenters. The molecule has 0 saturated heterocycles. The number of aromatic nitrogens is 6. The van der Waals surface area contributed by atoms with E-state index in [2.05, 4.69) is 26.6 Å². The van der Waals surface area contributed by atoms with Crippen molar-refractivity contribution in [2.75, 3.05) is 0 Å². The molecule has 31 heavy (non-hydrogen) atoms. The smallest absolute Gasteiger partial charge is 0.270 e. The lowest BCUT2D eigenvalue weighted by atomic mass is 10.1. The molecule has 5 rings (SSSR count). The summed E-state index contributed by atoms with van der Waals surface area (Å²) in [5.41, 5.74) is 3.48. The zero-order valence-electron chi connectivity index (χ0n) is 16.7. The predicted molar refractivity (Wildman–Crippen MR) is 121 cm³/mol. The first-order chi connectivity index (χ1) is 15.2. The molecule has 2 aromatic heterocycles. The van der Waals surface area contributed by atoms with Crippen molar-refractivity contribution in [2.24, 2.45) is 0 Å². The molecule has 0 saturated carbocycles. The van der Waals surface area contributed by atoms with E-state index in [1.165, 1.54) is 16.4 Å². The molecule has 7 nitrogen and oxygen atoms in total. The number of nitrogens with zero attached hydrogens (tertiary/aromatic N) is 6. The monoisotopic (exact) mass is 426 g/mol. The molecule has 0 bridgehead atoms. The predicted octanol–water partition coefficient (Wildman–Crippen LogP) is 4.10. The van der Waals surface area contributed by atoms with Crippen molar-refractivity contribution in [1.82, 2.24) is 29.8 Å². The van der Waals surface area contributed by atoms with Crippen molar-refractivity contribution >= 4 is 22.7 Å². The van der Waals surface area contributed by atoms with Gasteiger partial charge in [-0.25, -0.2) is 0 Å². The Bertz CT molecular complexity index is 1430. The van der Waals surface area contributed by atoms with Gasteiger partial charge in [0.2, 0.25) is 0 Å². The van der Waals surface area contributed by atoms with Crippen molar-refractivity contribution in [3.05, 3.63) is 94.8 Å². The summed E-state index contributed by atoms with van der Waals surface area (Å²) in [6.07, 6.45) is 0. The second-order valence-electron chi connectivity index (χ2n) is 7.03. The molecule has 0 N–H and O–H groups in total. The van der Waals surface area contributed by atoms with Gasteiger partial charge in [0.15, 0.2) is 11.0 Å². The third-order valence-electron chi connectivity index (χ3n) is 4.87. The minimum Gasteiger partial charge on any atom is -0.270 e. The highest BCUT2D eigenvalue weighted by atomic mass is 32.2. The number of aryl methyl sites for hydroxylation is 1. The van der Waals surface area contributed by atoms with E-state index in [0.717, 1.165) is 22.6 Å². The van der Waals surface area contributed by atoms with E-state index in [9.17, 15) is 4.79 Å². The molecule has 0 spiro atoms. The van der Waals surface area contributed by atoms with Gasteiger partial charge in [-0.3, -0.25) is 9.36 Å². The van der Waals surface area contributed by atoms with Crippen LogP contribution in [0.1, 0.15) is 5.56 Å². The van der Waals surface area contributed by atoms with Crippen LogP contribution in [0, 0.1) is 6.92 Å². The number of thioether (sulfide) groups is 1. The van der Waals surface area contributed by atoms with Gasteiger partial charge in [0.05, 0.1) is 11.3 Å². The zero-order chi connectivity index (χ0) is 21.2. The lowest BCUT2D eigenvalue weighted by molar-refractivity contribution is 0.643. The van der Waals surface area contributed by atoms with E-state index in [4.69, 9.17) is 0 Å². The lowest BCUT2D eigenvalue weighted by Gasteiger charge is -2.11. The van der Waals surface area contributed by atoms with Crippen LogP contribution in [0.25, 0.3) is 28.0 Å². The zero-order valence-corrected chi connectivity index (χ0v) is 17.5. The minimum absolute atomic E-state index is 0.178. The third kappa shape index (κ3) is 3.73. The summed E-state index contributed by atoms with van der Waals surface area (Å²) in [6, 6.07) is 25.3. The first-order valence-corrected chi connectivity index (χ1v) is 10.7. The molecule has 3 aromatic carbocycles. The number of para-hydroxylation sites is 1. The third-order valence-corrected chi connectivity index (χ3v) is 5.77. The van der Waals surface area contributed by atoms with E-state index in [-0.39, 0.29) is 11.4 Å². The number of fused-ring (bicyclic) bond motifs is 1. The van der Waals surface area contributed by atoms with Gasteiger partial charge in [-0.1, -0.05) is 71.1 Å². The van der Waals surface area contributed by atoms with Gasteiger partial charge in [-0.2, -0.15) is 4.68 Å². The summed E-state index contributed by atoms with van der Waals surface area (Å²) in [4.78, 5) is 12.8. The molecule has 8 heteroatoms. The van der Waals surface area contributed by atoms with E-state index in [0.29, 0.717) is 16.1 Å². The highest BCUT2D eigenvalue weighted by Crippen LogP contribution is 2.28. The number of hydrogen-bond acceptors (Lipinski definition) is 6. The normalized spacial score (nSPS) is 11.1. The molecule has 0 aliphatic carbocycles. The van der Waals surface area contributed by atoms with Crippen LogP contribution < -0.4 is 5.56 Å². The summed E-state index contributed by atoms with van der Waals surface area (Å²) in [6.45, 7) is 2.05. The van der Waals surface area contributed by atoms with Crippen LogP contribution in [0.5, 0.6) is 0 Å². The Labute approximate surface area is 182 Å². The molecule has 152 valence electrons. The van der Waals surface area contributed by atoms with Crippen LogP contribution in [0.2, 0.25) is 0 Å². The summed E-state index contributed by atoms with van der Waals surface area (Å²) in [5, 5.41) is 18.3. The first-order valence-electron chi connectivity index (χ1n) is 9.74. The highest BCUT2D eigenvalue weighted by Gasteiger charge is 2.17. The van der Waals surface area contributed by atoms with Gasteiger partial charge in [-0.05, 0) is 37.3 Å². The van der Waals surface area contributed by atoms with Gasteiger partial charge in [0, 0.05) is 11.3 Å². The quantitative estimate of drug-likeness (QED) is 0.394. The average Bonchev–Trinajstić information content (AvgIpc) is 3.23. The van der Waals surface area contributed by atoms with Crippen LogP contribution >= 0.6 is 11.8 Å². The molecule has 0 aliphatic rings. The maximum Gasteiger partial charge on any atom is 0.278 e. The fourth-order valence-corrected chi connectivity index (χ4v) is 4.20. The van der Waals surface area contributed by atoms with Crippen LogP contribution in [0.3, 0.4) is 0 Å². The summed E-state index contributed by atoms with van der Waals surface area (Å²) < 4.78 is 3.35. The Hall–Kier alpha value is -3.78. The molecular weight excluding hydrogens is 408 g/mol. The van der Waals surface area contributed by atoms with Gasteiger partial charge < -0.3 is 0 Å². The molecule has 0 radical (unpaired) electrons. The van der Waals surface area contributed by atoms with Gasteiger partial charge in [0.1, 0.15) is 5.52 Å². The highest BCUT2D eigenvalue weighted by molar-refractivity contribution is 7.98. The van der Waals surface area contributed by atoms with E-state index >= 15 is 0 Å². The van der Waals surface area contributed by atoms with Crippen molar-refractivity contribution in [1.29, 1.82) is 0 Å². The second-order valence-corrected chi connectivity index (χ2v) is 7.94. The molecule has 0 fully saturated rings. The largest absolute Gasteiger partial charge is 0.278 e. The number of benzene rings is 3. The van der Waals surface area contributed by atoms with E-state index in [1.807, 2.05) is 72.2 Å². The number of hydrogen-bond donors (Lipinski definition) is 0. The Morgan fingerprint density at radius 1 is 0.871 bits per heavy atom. The summed E-state index contributed by atoms with van der Waals surface area (Å²) in [5.74, 6) is 1.02. The van der Waals surface area contributed by atoms with Crippen molar-refractivity contribution in [2.45, 2.75) is 18.0 Å².